The minimum absolute atomic E-state index is 0. The van der Waals surface area contributed by atoms with Crippen molar-refractivity contribution in [2.45, 2.75) is 25.8 Å². The zero-order valence-corrected chi connectivity index (χ0v) is 22.4. The van der Waals surface area contributed by atoms with Crippen molar-refractivity contribution in [2.75, 3.05) is 67.6 Å². The Bertz CT molecular complexity index is 872. The van der Waals surface area contributed by atoms with Gasteiger partial charge >= 0.3 is 0 Å². The van der Waals surface area contributed by atoms with E-state index in [1.807, 2.05) is 12.1 Å². The lowest BCUT2D eigenvalue weighted by Crippen LogP contribution is -2.51. The van der Waals surface area contributed by atoms with Crippen molar-refractivity contribution in [1.82, 2.24) is 25.4 Å². The number of methoxy groups -OCH3 is 2. The first-order valence-electron chi connectivity index (χ1n) is 11.2. The Kier molecular flexibility index (Phi) is 10.9. The van der Waals surface area contributed by atoms with Gasteiger partial charge in [-0.1, -0.05) is 0 Å². The number of likely N-dealkylation sites (N-methyl/N-ethyl adjacent to an activating group) is 2. The van der Waals surface area contributed by atoms with Gasteiger partial charge < -0.3 is 30.0 Å². The third kappa shape index (κ3) is 7.14. The predicted octanol–water partition coefficient (Wildman–Crippen LogP) is 2.54. The monoisotopic (exact) mass is 558 g/mol. The number of aromatic amines is 1. The van der Waals surface area contributed by atoms with Crippen LogP contribution in [-0.4, -0.2) is 94.4 Å². The third-order valence-electron chi connectivity index (χ3n) is 5.88. The summed E-state index contributed by atoms with van der Waals surface area (Å²) >= 11 is 0. The molecule has 8 nitrogen and oxygen atoms in total. The summed E-state index contributed by atoms with van der Waals surface area (Å²) in [5.74, 6) is 2.52. The summed E-state index contributed by atoms with van der Waals surface area (Å²) in [5.41, 5.74) is 2.23. The predicted molar refractivity (Wildman–Crippen MR) is 143 cm³/mol. The van der Waals surface area contributed by atoms with Crippen molar-refractivity contribution < 1.29 is 9.47 Å². The highest BCUT2D eigenvalue weighted by Crippen LogP contribution is 2.31. The number of aliphatic imine (C=N–C) groups is 1. The largest absolute Gasteiger partial charge is 0.497 e. The molecule has 1 aliphatic rings. The smallest absolute Gasteiger partial charge is 0.191 e. The van der Waals surface area contributed by atoms with E-state index in [2.05, 4.69) is 52.5 Å². The number of benzene rings is 1. The van der Waals surface area contributed by atoms with Gasteiger partial charge in [0.2, 0.25) is 0 Å². The van der Waals surface area contributed by atoms with Gasteiger partial charge in [-0.2, -0.15) is 0 Å². The Labute approximate surface area is 209 Å². The van der Waals surface area contributed by atoms with Gasteiger partial charge in [0, 0.05) is 62.0 Å². The number of aryl methyl sites for hydroxylation is 1. The number of H-pyrrole nitrogens is 1. The van der Waals surface area contributed by atoms with Crippen LogP contribution in [0.15, 0.2) is 23.2 Å². The normalized spacial score (nSPS) is 17.8. The molecule has 32 heavy (non-hydrogen) atoms. The van der Waals surface area contributed by atoms with E-state index in [9.17, 15) is 0 Å². The summed E-state index contributed by atoms with van der Waals surface area (Å²) < 4.78 is 10.9. The van der Waals surface area contributed by atoms with Gasteiger partial charge in [-0.05, 0) is 39.9 Å². The number of guanidine groups is 1. The Hall–Kier alpha value is -1.72. The molecular formula is C23H39IN6O2. The number of rotatable bonds is 9. The van der Waals surface area contributed by atoms with Gasteiger partial charge in [0.1, 0.15) is 11.5 Å². The minimum Gasteiger partial charge on any atom is -0.497 e. The number of hydrogen-bond donors (Lipinski definition) is 3. The first-order valence-corrected chi connectivity index (χ1v) is 11.2. The average molecular weight is 559 g/mol. The fourth-order valence-corrected chi connectivity index (χ4v) is 3.98. The summed E-state index contributed by atoms with van der Waals surface area (Å²) in [6, 6.07) is 6.56. The van der Waals surface area contributed by atoms with E-state index >= 15 is 0 Å². The molecule has 0 bridgehead atoms. The molecule has 0 saturated carbocycles. The number of nitrogens with one attached hydrogen (secondary N) is 3. The number of nitrogens with zero attached hydrogens (tertiary/aromatic N) is 3. The topological polar surface area (TPSA) is 77.2 Å². The molecule has 0 radical (unpaired) electrons. The van der Waals surface area contributed by atoms with Crippen LogP contribution in [0.2, 0.25) is 0 Å². The van der Waals surface area contributed by atoms with Crippen LogP contribution >= 0.6 is 24.0 Å². The van der Waals surface area contributed by atoms with Crippen LogP contribution in [0.4, 0.5) is 0 Å². The molecule has 0 spiro atoms. The highest BCUT2D eigenvalue weighted by molar-refractivity contribution is 14.0. The van der Waals surface area contributed by atoms with Crippen molar-refractivity contribution in [3.05, 3.63) is 23.9 Å². The summed E-state index contributed by atoms with van der Waals surface area (Å²) in [6.07, 6.45) is 1.95. The highest BCUT2D eigenvalue weighted by atomic mass is 127. The third-order valence-corrected chi connectivity index (χ3v) is 5.88. The van der Waals surface area contributed by atoms with Gasteiger partial charge in [-0.25, -0.2) is 0 Å². The van der Waals surface area contributed by atoms with Crippen LogP contribution in [0.25, 0.3) is 10.9 Å². The molecule has 1 fully saturated rings. The van der Waals surface area contributed by atoms with Crippen LogP contribution in [0.3, 0.4) is 0 Å². The zero-order valence-electron chi connectivity index (χ0n) is 20.0. The van der Waals surface area contributed by atoms with Crippen LogP contribution < -0.4 is 20.1 Å². The molecule has 0 amide bonds. The summed E-state index contributed by atoms with van der Waals surface area (Å²) in [5, 5.41) is 7.93. The van der Waals surface area contributed by atoms with Gasteiger partial charge in [-0.15, -0.1) is 24.0 Å². The maximum absolute atomic E-state index is 5.52. The highest BCUT2D eigenvalue weighted by Gasteiger charge is 2.21. The zero-order chi connectivity index (χ0) is 22.2. The Balaban J connectivity index is 0.00000363. The quantitative estimate of drug-likeness (QED) is 0.190. The van der Waals surface area contributed by atoms with Crippen molar-refractivity contribution in [3.8, 4) is 11.5 Å². The molecule has 2 heterocycles. The maximum Gasteiger partial charge on any atom is 0.191 e. The summed E-state index contributed by atoms with van der Waals surface area (Å²) in [4.78, 5) is 13.1. The van der Waals surface area contributed by atoms with Gasteiger partial charge in [0.15, 0.2) is 5.96 Å². The van der Waals surface area contributed by atoms with Crippen LogP contribution in [-0.2, 0) is 6.42 Å². The molecule has 1 aliphatic heterocycles. The Morgan fingerprint density at radius 2 is 1.97 bits per heavy atom. The van der Waals surface area contributed by atoms with Crippen LogP contribution in [0.1, 0.15) is 19.0 Å². The number of ether oxygens (including phenoxy) is 2. The fraction of sp³-hybridized carbons (Fsp3) is 0.609. The molecule has 1 saturated heterocycles. The Morgan fingerprint density at radius 3 is 2.69 bits per heavy atom. The second-order valence-corrected chi connectivity index (χ2v) is 8.23. The lowest BCUT2D eigenvalue weighted by atomic mass is 10.2. The molecule has 1 unspecified atom stereocenters. The SMILES string of the molecule is CCNC(=NCC1CN(C)CCN1C)NCCCc1cc2c(OC)cc(OC)cc2[nH]1.I. The van der Waals surface area contributed by atoms with Crippen molar-refractivity contribution in [1.29, 1.82) is 0 Å². The van der Waals surface area contributed by atoms with E-state index in [1.165, 1.54) is 5.69 Å². The number of halogens is 1. The summed E-state index contributed by atoms with van der Waals surface area (Å²) in [7, 11) is 7.74. The second-order valence-electron chi connectivity index (χ2n) is 8.23. The van der Waals surface area contributed by atoms with Crippen molar-refractivity contribution >= 4 is 40.8 Å². The molecule has 1 atom stereocenters. The number of hydrogen-bond acceptors (Lipinski definition) is 5. The standard InChI is InChI=1S/C23H38N6O2.HI/c1-6-24-23(26-15-18-16-28(2)10-11-29(18)3)25-9-7-8-17-12-20-21(27-17)13-19(30-4)14-22(20)31-5;/h12-14,18,27H,6-11,15-16H2,1-5H3,(H2,24,25,26);1H. The fourth-order valence-electron chi connectivity index (χ4n) is 3.98. The van der Waals surface area contributed by atoms with Gasteiger partial charge in [0.05, 0.1) is 26.3 Å². The van der Waals surface area contributed by atoms with E-state index in [-0.39, 0.29) is 24.0 Å². The molecular weight excluding hydrogens is 519 g/mol. The van der Waals surface area contributed by atoms with Gasteiger partial charge in [0.25, 0.3) is 0 Å². The molecule has 180 valence electrons. The van der Waals surface area contributed by atoms with Crippen LogP contribution in [0.5, 0.6) is 11.5 Å². The van der Waals surface area contributed by atoms with Crippen LogP contribution in [0, 0.1) is 0 Å². The lowest BCUT2D eigenvalue weighted by Gasteiger charge is -2.36. The maximum atomic E-state index is 5.52. The van der Waals surface area contributed by atoms with Crippen molar-refractivity contribution in [3.63, 3.8) is 0 Å². The molecule has 3 N–H and O–H groups in total. The number of fused-ring (bicyclic) bond motifs is 1. The second kappa shape index (κ2) is 13.1. The van der Waals surface area contributed by atoms with E-state index in [1.54, 1.807) is 14.2 Å². The van der Waals surface area contributed by atoms with E-state index in [4.69, 9.17) is 14.5 Å². The molecule has 3 rings (SSSR count). The van der Waals surface area contributed by atoms with Crippen molar-refractivity contribution in [2.24, 2.45) is 4.99 Å². The lowest BCUT2D eigenvalue weighted by molar-refractivity contribution is 0.119. The molecule has 2 aromatic rings. The number of aromatic nitrogens is 1. The number of piperazine rings is 1. The Morgan fingerprint density at radius 1 is 1.16 bits per heavy atom. The molecule has 0 aliphatic carbocycles. The molecule has 1 aromatic heterocycles. The van der Waals surface area contributed by atoms with Gasteiger partial charge in [-0.3, -0.25) is 9.89 Å². The van der Waals surface area contributed by atoms with E-state index in [0.29, 0.717) is 6.04 Å². The van der Waals surface area contributed by atoms with E-state index < -0.39 is 0 Å². The molecule has 9 heteroatoms. The average Bonchev–Trinajstić information content (AvgIpc) is 3.19. The van der Waals surface area contributed by atoms with E-state index in [0.717, 1.165) is 80.5 Å². The molecule has 1 aromatic carbocycles. The first-order chi connectivity index (χ1) is 15.0. The first kappa shape index (κ1) is 26.5. The summed E-state index contributed by atoms with van der Waals surface area (Å²) in [6.45, 7) is 7.92. The minimum atomic E-state index is 0.